The Morgan fingerprint density at radius 3 is 2.29 bits per heavy atom. The summed E-state index contributed by atoms with van der Waals surface area (Å²) in [5.41, 5.74) is 3.90. The lowest BCUT2D eigenvalue weighted by Gasteiger charge is -2.15. The average molecular weight is 292 g/mol. The van der Waals surface area contributed by atoms with Crippen molar-refractivity contribution in [2.75, 3.05) is 0 Å². The van der Waals surface area contributed by atoms with Gasteiger partial charge >= 0.3 is 6.36 Å². The molecule has 0 aliphatic heterocycles. The Morgan fingerprint density at radius 1 is 1.00 bits per heavy atom. The van der Waals surface area contributed by atoms with Crippen molar-refractivity contribution in [2.45, 2.75) is 20.2 Å². The number of hydrogen-bond acceptors (Lipinski definition) is 1. The Kier molecular flexibility index (Phi) is 4.07. The number of aryl methyl sites for hydroxylation is 2. The number of halogens is 3. The third kappa shape index (κ3) is 3.66. The lowest BCUT2D eigenvalue weighted by Crippen LogP contribution is -2.17. The van der Waals surface area contributed by atoms with E-state index < -0.39 is 6.36 Å². The Bertz CT molecular complexity index is 672. The predicted octanol–water partition coefficient (Wildman–Crippen LogP) is 5.51. The highest BCUT2D eigenvalue weighted by molar-refractivity contribution is 5.74. The zero-order valence-electron chi connectivity index (χ0n) is 11.8. The SMILES string of the molecule is C=Cc1ccc(OC(F)(F)F)c(-c2ccc(C)c(C)c2)c1. The largest absolute Gasteiger partial charge is 0.573 e. The van der Waals surface area contributed by atoms with E-state index in [1.54, 1.807) is 24.3 Å². The van der Waals surface area contributed by atoms with Gasteiger partial charge in [0.05, 0.1) is 0 Å². The van der Waals surface area contributed by atoms with Crippen LogP contribution in [0.1, 0.15) is 16.7 Å². The molecule has 110 valence electrons. The van der Waals surface area contributed by atoms with Gasteiger partial charge in [0.2, 0.25) is 0 Å². The number of ether oxygens (including phenoxy) is 1. The van der Waals surface area contributed by atoms with Crippen LogP contribution in [0.3, 0.4) is 0 Å². The second kappa shape index (κ2) is 5.64. The van der Waals surface area contributed by atoms with Crippen LogP contribution in [0.25, 0.3) is 17.2 Å². The van der Waals surface area contributed by atoms with Crippen molar-refractivity contribution in [3.8, 4) is 16.9 Å². The zero-order valence-corrected chi connectivity index (χ0v) is 11.8. The predicted molar refractivity (Wildman–Crippen MR) is 78.1 cm³/mol. The summed E-state index contributed by atoms with van der Waals surface area (Å²) in [6.07, 6.45) is -3.13. The fourth-order valence-electron chi connectivity index (χ4n) is 2.02. The molecule has 0 spiro atoms. The maximum Gasteiger partial charge on any atom is 0.573 e. The Hall–Kier alpha value is -2.23. The molecule has 0 fully saturated rings. The Balaban J connectivity index is 2.57. The maximum absolute atomic E-state index is 12.5. The third-order valence-corrected chi connectivity index (χ3v) is 3.28. The minimum atomic E-state index is -4.72. The molecule has 0 aliphatic rings. The van der Waals surface area contributed by atoms with Gasteiger partial charge in [-0.1, -0.05) is 36.9 Å². The molecule has 4 heteroatoms. The summed E-state index contributed by atoms with van der Waals surface area (Å²) in [6, 6.07) is 10.0. The van der Waals surface area contributed by atoms with Gasteiger partial charge in [-0.05, 0) is 48.2 Å². The molecule has 0 atom stereocenters. The molecule has 0 saturated heterocycles. The van der Waals surface area contributed by atoms with Crippen LogP contribution in [0.15, 0.2) is 43.0 Å². The van der Waals surface area contributed by atoms with Gasteiger partial charge in [0.15, 0.2) is 0 Å². The van der Waals surface area contributed by atoms with Crippen LogP contribution >= 0.6 is 0 Å². The summed E-state index contributed by atoms with van der Waals surface area (Å²) in [5, 5.41) is 0. The van der Waals surface area contributed by atoms with Crippen molar-refractivity contribution >= 4 is 6.08 Å². The molecule has 0 amide bonds. The highest BCUT2D eigenvalue weighted by atomic mass is 19.4. The lowest BCUT2D eigenvalue weighted by atomic mass is 9.98. The smallest absolute Gasteiger partial charge is 0.405 e. The van der Waals surface area contributed by atoms with Crippen molar-refractivity contribution in [1.29, 1.82) is 0 Å². The van der Waals surface area contributed by atoms with Gasteiger partial charge in [0.25, 0.3) is 0 Å². The first kappa shape index (κ1) is 15.2. The van der Waals surface area contributed by atoms with Crippen molar-refractivity contribution in [1.82, 2.24) is 0 Å². The summed E-state index contributed by atoms with van der Waals surface area (Å²) in [4.78, 5) is 0. The van der Waals surface area contributed by atoms with E-state index in [1.165, 1.54) is 6.07 Å². The minimum Gasteiger partial charge on any atom is -0.405 e. The standard InChI is InChI=1S/C17H15F3O/c1-4-13-6-8-16(21-17(18,19)20)15(10-13)14-7-5-11(2)12(3)9-14/h4-10H,1H2,2-3H3. The molecule has 21 heavy (non-hydrogen) atoms. The van der Waals surface area contributed by atoms with Crippen molar-refractivity contribution in [2.24, 2.45) is 0 Å². The van der Waals surface area contributed by atoms with E-state index in [0.29, 0.717) is 11.1 Å². The van der Waals surface area contributed by atoms with Gasteiger partial charge in [-0.3, -0.25) is 0 Å². The number of benzene rings is 2. The minimum absolute atomic E-state index is 0.212. The van der Waals surface area contributed by atoms with Crippen LogP contribution in [0.2, 0.25) is 0 Å². The van der Waals surface area contributed by atoms with Gasteiger partial charge in [-0.15, -0.1) is 13.2 Å². The van der Waals surface area contributed by atoms with Crippen LogP contribution in [0.4, 0.5) is 13.2 Å². The number of alkyl halides is 3. The second-order valence-corrected chi connectivity index (χ2v) is 4.81. The van der Waals surface area contributed by atoms with Crippen LogP contribution in [-0.2, 0) is 0 Å². The fraction of sp³-hybridized carbons (Fsp3) is 0.176. The summed E-state index contributed by atoms with van der Waals surface area (Å²) in [6.45, 7) is 7.51. The summed E-state index contributed by atoms with van der Waals surface area (Å²) in [5.74, 6) is -0.212. The molecule has 0 saturated carbocycles. The van der Waals surface area contributed by atoms with E-state index in [1.807, 2.05) is 26.0 Å². The van der Waals surface area contributed by atoms with Gasteiger partial charge in [-0.25, -0.2) is 0 Å². The molecule has 0 aromatic heterocycles. The Morgan fingerprint density at radius 2 is 1.71 bits per heavy atom. The van der Waals surface area contributed by atoms with E-state index in [0.717, 1.165) is 16.7 Å². The van der Waals surface area contributed by atoms with Gasteiger partial charge in [0.1, 0.15) is 5.75 Å². The molecule has 2 rings (SSSR count). The van der Waals surface area contributed by atoms with Crippen LogP contribution in [0.5, 0.6) is 5.75 Å². The molecule has 0 aliphatic carbocycles. The summed E-state index contributed by atoms with van der Waals surface area (Å²) >= 11 is 0. The highest BCUT2D eigenvalue weighted by Gasteiger charge is 2.32. The quantitative estimate of drug-likeness (QED) is 0.724. The molecule has 0 heterocycles. The normalized spacial score (nSPS) is 11.3. The van der Waals surface area contributed by atoms with Crippen LogP contribution in [-0.4, -0.2) is 6.36 Å². The van der Waals surface area contributed by atoms with Crippen molar-refractivity contribution in [3.63, 3.8) is 0 Å². The van der Waals surface area contributed by atoms with E-state index in [4.69, 9.17) is 0 Å². The molecular formula is C17H15F3O. The summed E-state index contributed by atoms with van der Waals surface area (Å²) < 4.78 is 41.7. The second-order valence-electron chi connectivity index (χ2n) is 4.81. The molecular weight excluding hydrogens is 277 g/mol. The molecule has 1 nitrogen and oxygen atoms in total. The van der Waals surface area contributed by atoms with Crippen molar-refractivity contribution in [3.05, 3.63) is 59.7 Å². The molecule has 2 aromatic rings. The zero-order chi connectivity index (χ0) is 15.6. The molecule has 0 bridgehead atoms. The monoisotopic (exact) mass is 292 g/mol. The van der Waals surface area contributed by atoms with Gasteiger partial charge in [-0.2, -0.15) is 0 Å². The van der Waals surface area contributed by atoms with Crippen molar-refractivity contribution < 1.29 is 17.9 Å². The van der Waals surface area contributed by atoms with Crippen LogP contribution in [0, 0.1) is 13.8 Å². The average Bonchev–Trinajstić information content (AvgIpc) is 2.41. The summed E-state index contributed by atoms with van der Waals surface area (Å²) in [7, 11) is 0. The van der Waals surface area contributed by atoms with E-state index in [9.17, 15) is 13.2 Å². The Labute approximate surface area is 121 Å². The molecule has 2 aromatic carbocycles. The topological polar surface area (TPSA) is 9.23 Å². The first-order valence-electron chi connectivity index (χ1n) is 6.40. The fourth-order valence-corrected chi connectivity index (χ4v) is 2.02. The van der Waals surface area contributed by atoms with E-state index >= 15 is 0 Å². The van der Waals surface area contributed by atoms with Crippen LogP contribution < -0.4 is 4.74 Å². The lowest BCUT2D eigenvalue weighted by molar-refractivity contribution is -0.274. The van der Waals surface area contributed by atoms with Gasteiger partial charge in [0, 0.05) is 5.56 Å². The molecule has 0 N–H and O–H groups in total. The van der Waals surface area contributed by atoms with E-state index in [-0.39, 0.29) is 5.75 Å². The maximum atomic E-state index is 12.5. The number of rotatable bonds is 3. The molecule has 0 unspecified atom stereocenters. The highest BCUT2D eigenvalue weighted by Crippen LogP contribution is 2.35. The third-order valence-electron chi connectivity index (χ3n) is 3.28. The van der Waals surface area contributed by atoms with E-state index in [2.05, 4.69) is 11.3 Å². The number of hydrogen-bond donors (Lipinski definition) is 0. The first-order chi connectivity index (χ1) is 9.80. The first-order valence-corrected chi connectivity index (χ1v) is 6.40. The molecule has 0 radical (unpaired) electrons. The van der Waals surface area contributed by atoms with Gasteiger partial charge < -0.3 is 4.74 Å².